The Morgan fingerprint density at radius 3 is 1.34 bits per heavy atom. The van der Waals surface area contributed by atoms with Gasteiger partial charge in [0.1, 0.15) is 32.0 Å². The lowest BCUT2D eigenvalue weighted by Gasteiger charge is -2.48. The maximum absolute atomic E-state index is 13.9. The molecule has 0 aromatic rings. The SMILES string of the molecule is CCC(C)(CC(C)(C)C(=O)O)C(=O)OCC(O)COC(=O)C(C)(C)CC(C)(CC(C)(CC(C)(CC)N(C)C)C(=O)OCC(O)COC)N(C)C. The van der Waals surface area contributed by atoms with Crippen LogP contribution in [-0.2, 0) is 38.1 Å². The molecule has 0 heterocycles. The van der Waals surface area contributed by atoms with Gasteiger partial charge in [-0.1, -0.05) is 13.8 Å². The number of hydrogen-bond acceptors (Lipinski definition) is 12. The van der Waals surface area contributed by atoms with E-state index in [1.165, 1.54) is 7.11 Å². The molecule has 0 amide bonds. The van der Waals surface area contributed by atoms with Crippen molar-refractivity contribution in [2.45, 2.75) is 131 Å². The van der Waals surface area contributed by atoms with E-state index < -0.39 is 76.5 Å². The van der Waals surface area contributed by atoms with Crippen molar-refractivity contribution in [3.8, 4) is 0 Å². The zero-order valence-electron chi connectivity index (χ0n) is 33.7. The minimum absolute atomic E-state index is 0.0282. The Hall–Kier alpha value is -2.32. The van der Waals surface area contributed by atoms with Crippen LogP contribution in [0.5, 0.6) is 0 Å². The second-order valence-corrected chi connectivity index (χ2v) is 16.9. The Morgan fingerprint density at radius 2 is 0.960 bits per heavy atom. The zero-order valence-corrected chi connectivity index (χ0v) is 33.7. The predicted octanol–water partition coefficient (Wildman–Crippen LogP) is 4.15. The molecule has 6 atom stereocenters. The van der Waals surface area contributed by atoms with Gasteiger partial charge in [0.25, 0.3) is 0 Å². The maximum Gasteiger partial charge on any atom is 0.312 e. The number of carboxylic acid groups (broad SMARTS) is 1. The molecule has 0 rings (SSSR count). The van der Waals surface area contributed by atoms with Gasteiger partial charge in [0.15, 0.2) is 0 Å². The maximum atomic E-state index is 13.9. The third-order valence-corrected chi connectivity index (χ3v) is 10.6. The van der Waals surface area contributed by atoms with Crippen molar-refractivity contribution < 1.29 is 53.4 Å². The molecule has 0 aliphatic heterocycles. The van der Waals surface area contributed by atoms with Gasteiger partial charge in [0.2, 0.25) is 0 Å². The van der Waals surface area contributed by atoms with Crippen LogP contribution >= 0.6 is 0 Å². The molecule has 0 aliphatic carbocycles. The fourth-order valence-electron chi connectivity index (χ4n) is 6.63. The molecule has 0 radical (unpaired) electrons. The van der Waals surface area contributed by atoms with Crippen LogP contribution in [0.1, 0.15) is 108 Å². The van der Waals surface area contributed by atoms with Gasteiger partial charge in [0.05, 0.1) is 28.3 Å². The van der Waals surface area contributed by atoms with Gasteiger partial charge in [-0.05, 0) is 122 Å². The fourth-order valence-corrected chi connectivity index (χ4v) is 6.63. The van der Waals surface area contributed by atoms with Crippen LogP contribution < -0.4 is 0 Å². The number of esters is 3. The number of nitrogens with zero attached hydrogens (tertiary/aromatic N) is 2. The highest BCUT2D eigenvalue weighted by atomic mass is 16.6. The summed E-state index contributed by atoms with van der Waals surface area (Å²) in [7, 11) is 9.18. The first-order chi connectivity index (χ1) is 22.6. The first-order valence-corrected chi connectivity index (χ1v) is 17.6. The van der Waals surface area contributed by atoms with E-state index in [4.69, 9.17) is 18.9 Å². The number of rotatable bonds is 24. The monoisotopic (exact) mass is 718 g/mol. The molecule has 13 nitrogen and oxygen atoms in total. The summed E-state index contributed by atoms with van der Waals surface area (Å²) in [5.41, 5.74) is -5.40. The molecule has 50 heavy (non-hydrogen) atoms. The summed E-state index contributed by atoms with van der Waals surface area (Å²) in [4.78, 5) is 56.0. The quantitative estimate of drug-likeness (QED) is 0.0961. The summed E-state index contributed by atoms with van der Waals surface area (Å²) in [5.74, 6) is -2.69. The van der Waals surface area contributed by atoms with E-state index >= 15 is 0 Å². The predicted molar refractivity (Wildman–Crippen MR) is 191 cm³/mol. The van der Waals surface area contributed by atoms with Crippen LogP contribution in [0.25, 0.3) is 0 Å². The molecule has 6 unspecified atom stereocenters. The van der Waals surface area contributed by atoms with E-state index in [0.29, 0.717) is 19.3 Å². The number of aliphatic carboxylic acids is 1. The summed E-state index contributed by atoms with van der Waals surface area (Å²) in [6.45, 7) is 17.0. The number of aliphatic hydroxyl groups excluding tert-OH is 2. The Bertz CT molecular complexity index is 1130. The molecular weight excluding hydrogens is 648 g/mol. The van der Waals surface area contributed by atoms with Gasteiger partial charge in [-0.3, -0.25) is 19.2 Å². The average molecular weight is 719 g/mol. The number of methoxy groups -OCH3 is 1. The van der Waals surface area contributed by atoms with E-state index in [1.54, 1.807) is 41.5 Å². The topological polar surface area (TPSA) is 172 Å². The van der Waals surface area contributed by atoms with E-state index in [9.17, 15) is 34.5 Å². The van der Waals surface area contributed by atoms with Crippen molar-refractivity contribution in [1.82, 2.24) is 9.80 Å². The minimum atomic E-state index is -1.29. The summed E-state index contributed by atoms with van der Waals surface area (Å²) in [6.07, 6.45) is -0.0526. The molecular formula is C37H70N2O11. The highest BCUT2D eigenvalue weighted by molar-refractivity contribution is 5.80. The largest absolute Gasteiger partial charge is 0.481 e. The molecule has 0 saturated carbocycles. The molecule has 13 heteroatoms. The number of aliphatic hydroxyl groups is 2. The van der Waals surface area contributed by atoms with Crippen LogP contribution in [-0.4, -0.2) is 134 Å². The van der Waals surface area contributed by atoms with Crippen molar-refractivity contribution in [2.75, 3.05) is 61.7 Å². The number of carbonyl (C=O) groups excluding carboxylic acids is 3. The lowest BCUT2D eigenvalue weighted by atomic mass is 9.66. The van der Waals surface area contributed by atoms with Gasteiger partial charge < -0.3 is 44.1 Å². The Balaban J connectivity index is 5.93. The van der Waals surface area contributed by atoms with E-state index in [2.05, 4.69) is 18.7 Å². The molecule has 0 spiro atoms. The fraction of sp³-hybridized carbons (Fsp3) is 0.892. The number of carbonyl (C=O) groups is 4. The van der Waals surface area contributed by atoms with Crippen LogP contribution in [0.4, 0.5) is 0 Å². The number of carboxylic acids is 1. The highest BCUT2D eigenvalue weighted by Crippen LogP contribution is 2.45. The Kier molecular flexibility index (Phi) is 18.1. The second-order valence-electron chi connectivity index (χ2n) is 16.9. The zero-order chi connectivity index (χ0) is 39.5. The lowest BCUT2D eigenvalue weighted by molar-refractivity contribution is -0.167. The molecule has 0 fully saturated rings. The molecule has 0 aliphatic rings. The van der Waals surface area contributed by atoms with Gasteiger partial charge in [-0.15, -0.1) is 0 Å². The third-order valence-electron chi connectivity index (χ3n) is 10.6. The molecule has 0 saturated heterocycles. The van der Waals surface area contributed by atoms with Gasteiger partial charge >= 0.3 is 23.9 Å². The molecule has 0 aromatic heterocycles. The summed E-state index contributed by atoms with van der Waals surface area (Å²) in [6, 6.07) is 0. The Labute approximate surface area is 301 Å². The summed E-state index contributed by atoms with van der Waals surface area (Å²) < 4.78 is 21.5. The first kappa shape index (κ1) is 47.7. The number of hydrogen-bond donors (Lipinski definition) is 3. The third kappa shape index (κ3) is 13.7. The van der Waals surface area contributed by atoms with E-state index in [-0.39, 0.29) is 31.6 Å². The highest BCUT2D eigenvalue weighted by Gasteiger charge is 2.50. The van der Waals surface area contributed by atoms with Crippen molar-refractivity contribution >= 4 is 23.9 Å². The lowest BCUT2D eigenvalue weighted by Crippen LogP contribution is -2.54. The standard InChI is InChI=1S/C37H70N2O11/c1-16-34(7,22-32(3,4)28(42)43)30(45)49-21-27(41)20-48-29(44)33(5,6)23-37(10,39(13)14)25-35(8,24-36(9,17-2)38(11)12)31(46)50-19-26(40)18-47-15/h26-27,40-41H,16-25H2,1-15H3,(H,42,43). The van der Waals surface area contributed by atoms with Crippen molar-refractivity contribution in [3.63, 3.8) is 0 Å². The van der Waals surface area contributed by atoms with Crippen LogP contribution in [0, 0.1) is 21.7 Å². The van der Waals surface area contributed by atoms with Crippen LogP contribution in [0.2, 0.25) is 0 Å². The van der Waals surface area contributed by atoms with Crippen molar-refractivity contribution in [3.05, 3.63) is 0 Å². The smallest absolute Gasteiger partial charge is 0.312 e. The summed E-state index contributed by atoms with van der Waals surface area (Å²) >= 11 is 0. The number of ether oxygens (including phenoxy) is 4. The molecule has 0 aromatic carbocycles. The van der Waals surface area contributed by atoms with Crippen molar-refractivity contribution in [2.24, 2.45) is 21.7 Å². The first-order valence-electron chi connectivity index (χ1n) is 17.6. The van der Waals surface area contributed by atoms with Gasteiger partial charge in [-0.2, -0.15) is 0 Å². The molecule has 294 valence electrons. The average Bonchev–Trinajstić information content (AvgIpc) is 3.00. The second kappa shape index (κ2) is 19.0. The van der Waals surface area contributed by atoms with Gasteiger partial charge in [0, 0.05) is 18.2 Å². The van der Waals surface area contributed by atoms with E-state index in [0.717, 1.165) is 6.42 Å². The Morgan fingerprint density at radius 1 is 0.560 bits per heavy atom. The molecule has 3 N–H and O–H groups in total. The van der Waals surface area contributed by atoms with Crippen molar-refractivity contribution in [1.29, 1.82) is 0 Å². The summed E-state index contributed by atoms with van der Waals surface area (Å²) in [5, 5.41) is 30.3. The van der Waals surface area contributed by atoms with E-state index in [1.807, 2.05) is 46.9 Å². The van der Waals surface area contributed by atoms with Crippen LogP contribution in [0.3, 0.4) is 0 Å². The van der Waals surface area contributed by atoms with Crippen LogP contribution in [0.15, 0.2) is 0 Å². The normalized spacial score (nSPS) is 18.6. The minimum Gasteiger partial charge on any atom is -0.481 e. The molecule has 0 bridgehead atoms. The van der Waals surface area contributed by atoms with Gasteiger partial charge in [-0.25, -0.2) is 0 Å².